The number of amides is 1. The van der Waals surface area contributed by atoms with Crippen LogP contribution in [0.4, 0.5) is 13.2 Å². The minimum atomic E-state index is -4.49. The van der Waals surface area contributed by atoms with E-state index in [2.05, 4.69) is 15.3 Å². The first kappa shape index (κ1) is 16.7. The molecular formula is C14H18F3N3O2. The number of nitrogens with one attached hydrogen (secondary N) is 1. The first-order valence-corrected chi connectivity index (χ1v) is 7.19. The summed E-state index contributed by atoms with van der Waals surface area (Å²) in [5.41, 5.74) is -0.474. The van der Waals surface area contributed by atoms with Crippen LogP contribution < -0.4 is 5.32 Å². The molecule has 1 fully saturated rings. The van der Waals surface area contributed by atoms with Crippen molar-refractivity contribution in [1.82, 2.24) is 15.3 Å². The van der Waals surface area contributed by atoms with Gasteiger partial charge in [0.15, 0.2) is 0 Å². The number of carbonyl (C=O) groups is 1. The van der Waals surface area contributed by atoms with E-state index in [4.69, 9.17) is 4.74 Å². The monoisotopic (exact) mass is 317 g/mol. The molecule has 1 aromatic rings. The number of aromatic nitrogens is 2. The fourth-order valence-electron chi connectivity index (χ4n) is 1.92. The lowest BCUT2D eigenvalue weighted by Crippen LogP contribution is -2.30. The lowest BCUT2D eigenvalue weighted by molar-refractivity contribution is -0.141. The smallest absolute Gasteiger partial charge is 0.372 e. The summed E-state index contributed by atoms with van der Waals surface area (Å²) in [5, 5.41) is 2.56. The molecule has 0 aliphatic heterocycles. The second-order valence-electron chi connectivity index (χ2n) is 5.10. The Morgan fingerprint density at radius 2 is 2.14 bits per heavy atom. The molecule has 0 spiro atoms. The van der Waals surface area contributed by atoms with Gasteiger partial charge in [0.1, 0.15) is 18.1 Å². The van der Waals surface area contributed by atoms with Gasteiger partial charge in [-0.2, -0.15) is 13.2 Å². The van der Waals surface area contributed by atoms with Crippen LogP contribution in [0.2, 0.25) is 0 Å². The van der Waals surface area contributed by atoms with E-state index in [0.717, 1.165) is 18.9 Å². The van der Waals surface area contributed by atoms with Gasteiger partial charge in [0.05, 0.1) is 0 Å². The maximum atomic E-state index is 12.8. The van der Waals surface area contributed by atoms with Gasteiger partial charge in [-0.1, -0.05) is 0 Å². The fourth-order valence-corrected chi connectivity index (χ4v) is 1.92. The van der Waals surface area contributed by atoms with Crippen LogP contribution >= 0.6 is 0 Å². The summed E-state index contributed by atoms with van der Waals surface area (Å²) in [6.45, 7) is 2.31. The second kappa shape index (κ2) is 7.04. The van der Waals surface area contributed by atoms with Crippen molar-refractivity contribution in [2.24, 2.45) is 0 Å². The molecule has 0 unspecified atom stereocenters. The summed E-state index contributed by atoms with van der Waals surface area (Å²) in [7, 11) is 0. The second-order valence-corrected chi connectivity index (χ2v) is 5.10. The molecule has 1 N–H and O–H groups in total. The number of hydrogen-bond acceptors (Lipinski definition) is 4. The van der Waals surface area contributed by atoms with Crippen molar-refractivity contribution in [2.75, 3.05) is 19.8 Å². The summed E-state index contributed by atoms with van der Waals surface area (Å²) in [4.78, 5) is 19.1. The Morgan fingerprint density at radius 1 is 1.41 bits per heavy atom. The largest absolute Gasteiger partial charge is 0.433 e. The molecule has 0 radical (unpaired) electrons. The van der Waals surface area contributed by atoms with Gasteiger partial charge in [-0.05, 0) is 25.8 Å². The highest BCUT2D eigenvalue weighted by Gasteiger charge is 2.35. The predicted octanol–water partition coefficient (Wildman–Crippen LogP) is 2.07. The normalized spacial score (nSPS) is 14.9. The zero-order chi connectivity index (χ0) is 16.2. The van der Waals surface area contributed by atoms with Crippen LogP contribution in [0, 0.1) is 0 Å². The number of ether oxygens (including phenoxy) is 1. The third-order valence-corrected chi connectivity index (χ3v) is 3.19. The molecule has 122 valence electrons. The summed E-state index contributed by atoms with van der Waals surface area (Å²) >= 11 is 0. The molecule has 1 aliphatic carbocycles. The molecule has 22 heavy (non-hydrogen) atoms. The van der Waals surface area contributed by atoms with E-state index in [1.807, 2.05) is 0 Å². The molecule has 5 nitrogen and oxygen atoms in total. The van der Waals surface area contributed by atoms with Crippen molar-refractivity contribution in [3.8, 4) is 0 Å². The predicted molar refractivity (Wildman–Crippen MR) is 72.2 cm³/mol. The Kier molecular flexibility index (Phi) is 5.33. The van der Waals surface area contributed by atoms with Crippen LogP contribution in [0.1, 0.15) is 42.9 Å². The zero-order valence-electron chi connectivity index (χ0n) is 12.2. The quantitative estimate of drug-likeness (QED) is 0.836. The number of hydrogen-bond donors (Lipinski definition) is 1. The summed E-state index contributed by atoms with van der Waals surface area (Å²) in [6.07, 6.45) is -2.61. The molecule has 1 amide bonds. The average Bonchev–Trinajstić information content (AvgIpc) is 3.28. The van der Waals surface area contributed by atoms with Gasteiger partial charge < -0.3 is 10.1 Å². The van der Waals surface area contributed by atoms with Crippen molar-refractivity contribution in [1.29, 1.82) is 0 Å². The Labute approximate surface area is 126 Å². The maximum Gasteiger partial charge on any atom is 0.433 e. The van der Waals surface area contributed by atoms with Crippen LogP contribution in [-0.2, 0) is 22.1 Å². The van der Waals surface area contributed by atoms with Gasteiger partial charge in [-0.15, -0.1) is 0 Å². The van der Waals surface area contributed by atoms with E-state index >= 15 is 0 Å². The van der Waals surface area contributed by atoms with Gasteiger partial charge in [0.2, 0.25) is 5.91 Å². The molecular weight excluding hydrogens is 299 g/mol. The Morgan fingerprint density at radius 3 is 2.73 bits per heavy atom. The van der Waals surface area contributed by atoms with Gasteiger partial charge in [0.25, 0.3) is 0 Å². The molecule has 0 bridgehead atoms. The highest BCUT2D eigenvalue weighted by atomic mass is 19.4. The minimum Gasteiger partial charge on any atom is -0.372 e. The third-order valence-electron chi connectivity index (χ3n) is 3.19. The number of nitrogens with zero attached hydrogens (tertiary/aromatic N) is 2. The topological polar surface area (TPSA) is 64.1 Å². The average molecular weight is 317 g/mol. The Bertz CT molecular complexity index is 531. The number of halogens is 3. The van der Waals surface area contributed by atoms with E-state index in [0.29, 0.717) is 12.3 Å². The zero-order valence-corrected chi connectivity index (χ0v) is 12.2. The number of carbonyl (C=O) groups excluding carboxylic acids is 1. The molecule has 2 rings (SSSR count). The highest BCUT2D eigenvalue weighted by molar-refractivity contribution is 5.77. The minimum absolute atomic E-state index is 0.0622. The van der Waals surface area contributed by atoms with Crippen LogP contribution in [0.15, 0.2) is 6.07 Å². The summed E-state index contributed by atoms with van der Waals surface area (Å²) in [6, 6.07) is 1.02. The van der Waals surface area contributed by atoms with Crippen LogP contribution in [-0.4, -0.2) is 35.6 Å². The number of rotatable bonds is 7. The number of alkyl halides is 3. The maximum absolute atomic E-state index is 12.8. The first-order valence-electron chi connectivity index (χ1n) is 7.19. The summed E-state index contributed by atoms with van der Waals surface area (Å²) in [5.74, 6) is -0.0972. The Hall–Kier alpha value is -1.70. The van der Waals surface area contributed by atoms with Crippen LogP contribution in [0.5, 0.6) is 0 Å². The SMILES string of the molecule is CCOCC(=O)NCCc1nc(C2CC2)cc(C(F)(F)F)n1. The standard InChI is InChI=1S/C14H18F3N3O2/c1-2-22-8-13(21)18-6-5-12-19-10(9-3-4-9)7-11(20-12)14(15,16)17/h7,9H,2-6,8H2,1H3,(H,18,21). The van der Waals surface area contributed by atoms with Crippen LogP contribution in [0.3, 0.4) is 0 Å². The molecule has 1 aliphatic rings. The molecule has 0 aromatic carbocycles. The third kappa shape index (κ3) is 4.94. The molecule has 8 heteroatoms. The van der Waals surface area contributed by atoms with E-state index < -0.39 is 11.9 Å². The molecule has 1 heterocycles. The molecule has 1 aromatic heterocycles. The van der Waals surface area contributed by atoms with E-state index in [-0.39, 0.29) is 37.2 Å². The molecule has 0 saturated heterocycles. The van der Waals surface area contributed by atoms with Crippen molar-refractivity contribution in [3.05, 3.63) is 23.3 Å². The van der Waals surface area contributed by atoms with Crippen LogP contribution in [0.25, 0.3) is 0 Å². The Balaban J connectivity index is 1.97. The molecule has 1 saturated carbocycles. The van der Waals surface area contributed by atoms with Crippen molar-refractivity contribution in [2.45, 2.75) is 38.3 Å². The van der Waals surface area contributed by atoms with E-state index in [1.54, 1.807) is 6.92 Å². The van der Waals surface area contributed by atoms with E-state index in [1.165, 1.54) is 0 Å². The van der Waals surface area contributed by atoms with Gasteiger partial charge in [-0.3, -0.25) is 4.79 Å². The fraction of sp³-hybridized carbons (Fsp3) is 0.643. The van der Waals surface area contributed by atoms with E-state index in [9.17, 15) is 18.0 Å². The van der Waals surface area contributed by atoms with Crippen molar-refractivity contribution in [3.63, 3.8) is 0 Å². The van der Waals surface area contributed by atoms with Crippen molar-refractivity contribution < 1.29 is 22.7 Å². The van der Waals surface area contributed by atoms with Crippen molar-refractivity contribution >= 4 is 5.91 Å². The van der Waals surface area contributed by atoms with Gasteiger partial charge in [-0.25, -0.2) is 9.97 Å². The first-order chi connectivity index (χ1) is 10.4. The van der Waals surface area contributed by atoms with Gasteiger partial charge >= 0.3 is 6.18 Å². The highest BCUT2D eigenvalue weighted by Crippen LogP contribution is 2.40. The summed E-state index contributed by atoms with van der Waals surface area (Å²) < 4.78 is 43.5. The lowest BCUT2D eigenvalue weighted by Gasteiger charge is -2.10. The lowest BCUT2D eigenvalue weighted by atomic mass is 10.2. The van der Waals surface area contributed by atoms with Gasteiger partial charge in [0, 0.05) is 31.2 Å². The molecule has 0 atom stereocenters.